The van der Waals surface area contributed by atoms with Crippen LogP contribution >= 0.6 is 0 Å². The van der Waals surface area contributed by atoms with Crippen LogP contribution in [0.4, 0.5) is 6.01 Å². The maximum absolute atomic E-state index is 5.92. The van der Waals surface area contributed by atoms with Crippen molar-refractivity contribution in [1.29, 1.82) is 0 Å². The predicted octanol–water partition coefficient (Wildman–Crippen LogP) is 3.92. The third-order valence-electron chi connectivity index (χ3n) is 6.34. The van der Waals surface area contributed by atoms with Crippen molar-refractivity contribution < 1.29 is 18.6 Å². The number of morpholine rings is 1. The molecule has 1 fully saturated rings. The van der Waals surface area contributed by atoms with Crippen molar-refractivity contribution in [3.05, 3.63) is 90.3 Å². The van der Waals surface area contributed by atoms with E-state index < -0.39 is 0 Å². The van der Waals surface area contributed by atoms with E-state index >= 15 is 0 Å². The number of hydrogen-bond donors (Lipinski definition) is 0. The molecule has 0 atom stereocenters. The number of benzene rings is 2. The Balaban J connectivity index is 1.25. The van der Waals surface area contributed by atoms with Gasteiger partial charge in [0.05, 0.1) is 39.9 Å². The third-order valence-corrected chi connectivity index (χ3v) is 6.34. The van der Waals surface area contributed by atoms with Gasteiger partial charge in [-0.2, -0.15) is 4.98 Å². The van der Waals surface area contributed by atoms with Crippen LogP contribution in [0.15, 0.2) is 77.9 Å². The standard InChI is InChI=1S/C28H33N5O4/c1-34-27-4-2-3-24(17-27)19-33(18-23-5-7-26(8-6-23)32-10-9-29-22-32)28-30-25(21-37-28)20-36-16-13-31-11-14-35-15-12-31/h2-10,17,21-22H,11-16,18-20H2,1H3. The van der Waals surface area contributed by atoms with Crippen LogP contribution in [0.3, 0.4) is 0 Å². The van der Waals surface area contributed by atoms with Gasteiger partial charge in [0.15, 0.2) is 0 Å². The van der Waals surface area contributed by atoms with E-state index in [0.29, 0.717) is 32.3 Å². The van der Waals surface area contributed by atoms with Crippen molar-refractivity contribution in [1.82, 2.24) is 19.4 Å². The van der Waals surface area contributed by atoms with E-state index in [9.17, 15) is 0 Å². The molecule has 4 aromatic rings. The molecule has 9 heteroatoms. The summed E-state index contributed by atoms with van der Waals surface area (Å²) in [4.78, 5) is 13.4. The monoisotopic (exact) mass is 503 g/mol. The van der Waals surface area contributed by atoms with Gasteiger partial charge in [-0.15, -0.1) is 0 Å². The molecule has 0 bridgehead atoms. The Bertz CT molecular complexity index is 1220. The predicted molar refractivity (Wildman–Crippen MR) is 140 cm³/mol. The molecule has 0 saturated carbocycles. The van der Waals surface area contributed by atoms with Crippen molar-refractivity contribution in [2.45, 2.75) is 19.7 Å². The Labute approximate surface area is 217 Å². The fraction of sp³-hybridized carbons (Fsp3) is 0.357. The molecule has 0 aliphatic carbocycles. The van der Waals surface area contributed by atoms with E-state index in [2.05, 4.69) is 45.1 Å². The van der Waals surface area contributed by atoms with Crippen LogP contribution < -0.4 is 9.64 Å². The topological polar surface area (TPSA) is 78.0 Å². The number of anilines is 1. The van der Waals surface area contributed by atoms with Gasteiger partial charge in [-0.1, -0.05) is 24.3 Å². The molecule has 37 heavy (non-hydrogen) atoms. The lowest BCUT2D eigenvalue weighted by Gasteiger charge is -2.26. The Morgan fingerprint density at radius 1 is 1.03 bits per heavy atom. The van der Waals surface area contributed by atoms with Crippen LogP contribution in [0.25, 0.3) is 5.69 Å². The summed E-state index contributed by atoms with van der Waals surface area (Å²) in [7, 11) is 1.68. The summed E-state index contributed by atoms with van der Waals surface area (Å²) in [5.74, 6) is 0.823. The average Bonchev–Trinajstić information content (AvgIpc) is 3.65. The molecule has 5 rings (SSSR count). The first kappa shape index (κ1) is 25.0. The Morgan fingerprint density at radius 3 is 2.65 bits per heavy atom. The highest BCUT2D eigenvalue weighted by atomic mass is 16.5. The first-order chi connectivity index (χ1) is 18.3. The SMILES string of the molecule is COc1cccc(CN(Cc2ccc(-n3ccnc3)cc2)c2nc(COCCN3CCOCC3)co2)c1. The largest absolute Gasteiger partial charge is 0.497 e. The van der Waals surface area contributed by atoms with Crippen molar-refractivity contribution in [2.24, 2.45) is 0 Å². The van der Waals surface area contributed by atoms with E-state index in [0.717, 1.165) is 61.1 Å². The number of imidazole rings is 1. The van der Waals surface area contributed by atoms with Gasteiger partial charge in [-0.3, -0.25) is 4.90 Å². The molecule has 0 radical (unpaired) electrons. The van der Waals surface area contributed by atoms with Crippen LogP contribution in [0.5, 0.6) is 5.75 Å². The minimum absolute atomic E-state index is 0.417. The Morgan fingerprint density at radius 2 is 1.86 bits per heavy atom. The maximum atomic E-state index is 5.92. The van der Waals surface area contributed by atoms with Crippen LogP contribution in [-0.2, 0) is 29.2 Å². The number of aromatic nitrogens is 3. The van der Waals surface area contributed by atoms with Crippen LogP contribution in [-0.4, -0.2) is 66.0 Å². The summed E-state index contributed by atoms with van der Waals surface area (Å²) in [5.41, 5.74) is 4.10. The molecule has 194 valence electrons. The molecule has 0 unspecified atom stereocenters. The molecule has 0 N–H and O–H groups in total. The third kappa shape index (κ3) is 6.97. The van der Waals surface area contributed by atoms with Gasteiger partial charge >= 0.3 is 0 Å². The fourth-order valence-electron chi connectivity index (χ4n) is 4.29. The van der Waals surface area contributed by atoms with Crippen molar-refractivity contribution >= 4 is 6.01 Å². The molecular weight excluding hydrogens is 470 g/mol. The van der Waals surface area contributed by atoms with Gasteiger partial charge in [0.1, 0.15) is 17.7 Å². The first-order valence-electron chi connectivity index (χ1n) is 12.5. The molecule has 3 heterocycles. The number of oxazole rings is 1. The van der Waals surface area contributed by atoms with Gasteiger partial charge in [0, 0.05) is 50.8 Å². The molecular formula is C28H33N5O4. The quantitative estimate of drug-likeness (QED) is 0.269. The van der Waals surface area contributed by atoms with Gasteiger partial charge in [0.2, 0.25) is 0 Å². The highest BCUT2D eigenvalue weighted by molar-refractivity contribution is 5.39. The number of methoxy groups -OCH3 is 1. The van der Waals surface area contributed by atoms with Crippen molar-refractivity contribution in [3.8, 4) is 11.4 Å². The second kappa shape index (κ2) is 12.5. The molecule has 1 aliphatic rings. The molecule has 2 aromatic heterocycles. The molecule has 0 amide bonds. The summed E-state index contributed by atoms with van der Waals surface area (Å²) in [6.07, 6.45) is 7.18. The first-order valence-corrected chi connectivity index (χ1v) is 12.5. The number of rotatable bonds is 12. The van der Waals surface area contributed by atoms with E-state index in [-0.39, 0.29) is 0 Å². The smallest absolute Gasteiger partial charge is 0.298 e. The second-order valence-corrected chi connectivity index (χ2v) is 8.97. The molecule has 9 nitrogen and oxygen atoms in total. The molecule has 1 saturated heterocycles. The zero-order chi connectivity index (χ0) is 25.3. The number of ether oxygens (including phenoxy) is 3. The minimum atomic E-state index is 0.417. The van der Waals surface area contributed by atoms with Crippen molar-refractivity contribution in [3.63, 3.8) is 0 Å². The second-order valence-electron chi connectivity index (χ2n) is 8.97. The van der Waals surface area contributed by atoms with Gasteiger partial charge in [0.25, 0.3) is 6.01 Å². The van der Waals surface area contributed by atoms with E-state index in [4.69, 9.17) is 23.6 Å². The van der Waals surface area contributed by atoms with E-state index in [1.165, 1.54) is 0 Å². The molecule has 1 aliphatic heterocycles. The molecule has 0 spiro atoms. The highest BCUT2D eigenvalue weighted by Gasteiger charge is 2.16. The van der Waals surface area contributed by atoms with Gasteiger partial charge in [-0.25, -0.2) is 4.98 Å². The van der Waals surface area contributed by atoms with Crippen molar-refractivity contribution in [2.75, 3.05) is 51.5 Å². The number of hydrogen-bond acceptors (Lipinski definition) is 8. The summed E-state index contributed by atoms with van der Waals surface area (Å²) < 4.78 is 24.6. The minimum Gasteiger partial charge on any atom is -0.497 e. The average molecular weight is 504 g/mol. The normalized spacial score (nSPS) is 14.1. The fourth-order valence-corrected chi connectivity index (χ4v) is 4.29. The Hall–Kier alpha value is -3.66. The van der Waals surface area contributed by atoms with Crippen LogP contribution in [0.2, 0.25) is 0 Å². The zero-order valence-corrected chi connectivity index (χ0v) is 21.2. The maximum Gasteiger partial charge on any atom is 0.298 e. The van der Waals surface area contributed by atoms with Gasteiger partial charge in [-0.05, 0) is 35.4 Å². The summed E-state index contributed by atoms with van der Waals surface area (Å²) in [6, 6.07) is 17.0. The lowest BCUT2D eigenvalue weighted by Crippen LogP contribution is -2.38. The highest BCUT2D eigenvalue weighted by Crippen LogP contribution is 2.23. The molecule has 2 aromatic carbocycles. The Kier molecular flexibility index (Phi) is 8.47. The summed E-state index contributed by atoms with van der Waals surface area (Å²) >= 11 is 0. The lowest BCUT2D eigenvalue weighted by atomic mass is 10.1. The van der Waals surface area contributed by atoms with Crippen LogP contribution in [0, 0.1) is 0 Å². The van der Waals surface area contributed by atoms with E-state index in [1.807, 2.05) is 29.0 Å². The van der Waals surface area contributed by atoms with Gasteiger partial charge < -0.3 is 28.1 Å². The zero-order valence-electron chi connectivity index (χ0n) is 21.2. The summed E-state index contributed by atoms with van der Waals surface area (Å²) in [5, 5.41) is 0. The van der Waals surface area contributed by atoms with Crippen LogP contribution in [0.1, 0.15) is 16.8 Å². The van der Waals surface area contributed by atoms with E-state index in [1.54, 1.807) is 25.9 Å². The number of nitrogens with zero attached hydrogens (tertiary/aromatic N) is 5. The lowest BCUT2D eigenvalue weighted by molar-refractivity contribution is 0.0177. The summed E-state index contributed by atoms with van der Waals surface area (Å²) in [6.45, 7) is 6.73.